The van der Waals surface area contributed by atoms with Gasteiger partial charge in [-0.2, -0.15) is 0 Å². The molecule has 1 aromatic carbocycles. The number of thiophene rings is 1. The molecule has 1 saturated heterocycles. The Bertz CT molecular complexity index is 1350. The predicted molar refractivity (Wildman–Crippen MR) is 140 cm³/mol. The van der Waals surface area contributed by atoms with Crippen LogP contribution in [0.4, 0.5) is 4.79 Å². The van der Waals surface area contributed by atoms with E-state index in [1.54, 1.807) is 12.1 Å². The van der Waals surface area contributed by atoms with Gasteiger partial charge in [0.15, 0.2) is 0 Å². The van der Waals surface area contributed by atoms with Crippen LogP contribution in [-0.4, -0.2) is 35.1 Å². The molecule has 0 bridgehead atoms. The van der Waals surface area contributed by atoms with Crippen molar-refractivity contribution in [2.45, 2.75) is 60.8 Å². The van der Waals surface area contributed by atoms with Crippen molar-refractivity contribution in [3.05, 3.63) is 51.4 Å². The van der Waals surface area contributed by atoms with Gasteiger partial charge in [0, 0.05) is 23.1 Å². The average molecular weight is 553 g/mol. The quantitative estimate of drug-likeness (QED) is 0.389. The predicted octanol–water partition coefficient (Wildman–Crippen LogP) is 4.91. The van der Waals surface area contributed by atoms with E-state index >= 15 is 0 Å². The molecule has 1 aromatic heterocycles. The van der Waals surface area contributed by atoms with E-state index in [-0.39, 0.29) is 32.8 Å². The summed E-state index contributed by atoms with van der Waals surface area (Å²) in [6, 6.07) is 8.05. The molecule has 2 N–H and O–H groups in total. The van der Waals surface area contributed by atoms with Crippen molar-refractivity contribution in [1.82, 2.24) is 10.6 Å². The van der Waals surface area contributed by atoms with E-state index in [2.05, 4.69) is 22.5 Å². The van der Waals surface area contributed by atoms with Gasteiger partial charge in [-0.15, -0.1) is 11.3 Å². The van der Waals surface area contributed by atoms with Gasteiger partial charge in [0.05, 0.1) is 4.34 Å². The number of thioether (sulfide) groups is 1. The van der Waals surface area contributed by atoms with E-state index in [0.717, 1.165) is 16.9 Å². The lowest BCUT2D eigenvalue weighted by Crippen LogP contribution is -2.43. The molecule has 35 heavy (non-hydrogen) atoms. The molecule has 186 valence electrons. The maximum Gasteiger partial charge on any atom is 0.287 e. The minimum absolute atomic E-state index is 0.0630. The molecule has 3 rings (SSSR count). The number of benzene rings is 1. The molecule has 0 spiro atoms. The van der Waals surface area contributed by atoms with E-state index < -0.39 is 25.1 Å². The average Bonchev–Trinajstić information content (AvgIpc) is 3.31. The van der Waals surface area contributed by atoms with Crippen LogP contribution in [-0.2, 0) is 14.6 Å². The molecule has 1 unspecified atom stereocenters. The fourth-order valence-electron chi connectivity index (χ4n) is 3.37. The van der Waals surface area contributed by atoms with Crippen molar-refractivity contribution >= 4 is 61.6 Å². The number of amides is 3. The van der Waals surface area contributed by atoms with E-state index in [9.17, 15) is 22.8 Å². The summed E-state index contributed by atoms with van der Waals surface area (Å²) in [4.78, 5) is 37.0. The zero-order chi connectivity index (χ0) is 26.0. The minimum Gasteiger partial charge on any atom is -0.347 e. The smallest absolute Gasteiger partial charge is 0.287 e. The van der Waals surface area contributed by atoms with Crippen LogP contribution in [0.2, 0.25) is 4.34 Å². The summed E-state index contributed by atoms with van der Waals surface area (Å²) >= 11 is 7.23. The van der Waals surface area contributed by atoms with Gasteiger partial charge < -0.3 is 5.32 Å². The van der Waals surface area contributed by atoms with Crippen LogP contribution < -0.4 is 10.6 Å². The zero-order valence-electron chi connectivity index (χ0n) is 19.7. The molecular weight excluding hydrogens is 528 g/mol. The lowest BCUT2D eigenvalue weighted by molar-refractivity contribution is -0.120. The summed E-state index contributed by atoms with van der Waals surface area (Å²) in [5, 5.41) is 4.31. The highest BCUT2D eigenvalue weighted by Gasteiger charge is 2.58. The molecule has 2 aromatic rings. The number of hydrogen-bond donors (Lipinski definition) is 2. The van der Waals surface area contributed by atoms with Crippen LogP contribution in [0, 0.1) is 18.8 Å². The van der Waals surface area contributed by atoms with Crippen LogP contribution in [0.25, 0.3) is 0 Å². The Hall–Kier alpha value is -2.32. The third-order valence-corrected chi connectivity index (χ3v) is 10.9. The fraction of sp³-hybridized carbons (Fsp3) is 0.375. The van der Waals surface area contributed by atoms with Crippen molar-refractivity contribution < 1.29 is 22.8 Å². The van der Waals surface area contributed by atoms with Gasteiger partial charge in [-0.3, -0.25) is 19.7 Å². The summed E-state index contributed by atoms with van der Waals surface area (Å²) in [6.45, 7) is 7.58. The number of nitrogens with one attached hydrogen (secondary N) is 2. The number of halogens is 1. The Labute approximate surface area is 218 Å². The Kier molecular flexibility index (Phi) is 8.06. The Morgan fingerprint density at radius 3 is 2.49 bits per heavy atom. The normalized spacial score (nSPS) is 18.1. The number of carbonyl (C=O) groups excluding carboxylic acids is 3. The molecule has 1 atom stereocenters. The van der Waals surface area contributed by atoms with Gasteiger partial charge in [-0.25, -0.2) is 8.42 Å². The third-order valence-electron chi connectivity index (χ3n) is 5.09. The molecule has 0 saturated carbocycles. The van der Waals surface area contributed by atoms with E-state index in [4.69, 9.17) is 11.6 Å². The van der Waals surface area contributed by atoms with Crippen LogP contribution >= 0.6 is 34.7 Å². The molecule has 1 aliphatic rings. The minimum atomic E-state index is -4.17. The first-order chi connectivity index (χ1) is 16.2. The first kappa shape index (κ1) is 27.3. The summed E-state index contributed by atoms with van der Waals surface area (Å²) in [5.74, 6) is 4.98. The number of rotatable bonds is 6. The summed E-state index contributed by atoms with van der Waals surface area (Å²) in [5.41, 5.74) is 1.71. The highest BCUT2D eigenvalue weighted by molar-refractivity contribution is 8.25. The van der Waals surface area contributed by atoms with Gasteiger partial charge in [-0.1, -0.05) is 29.5 Å². The standard InChI is InChI=1S/C24H25ClN2O5S3/c1-15-9-10-17(20(28)27-23(2,3)4)14-16(15)8-6-5-7-13-24(21(29)26-22(30)34-24)35(31,32)19-12-11-18(25)33-19/h9-12,14H,5,7,13H2,1-4H3,(H,27,28)(H,26,29,30). The lowest BCUT2D eigenvalue weighted by atomic mass is 10.0. The van der Waals surface area contributed by atoms with Crippen LogP contribution in [0.15, 0.2) is 34.5 Å². The number of imide groups is 1. The second-order valence-electron chi connectivity index (χ2n) is 9.05. The molecule has 0 aliphatic carbocycles. The number of aryl methyl sites for hydroxylation is 1. The maximum absolute atomic E-state index is 13.3. The van der Waals surface area contributed by atoms with Gasteiger partial charge in [0.2, 0.25) is 13.9 Å². The molecule has 2 heterocycles. The van der Waals surface area contributed by atoms with Gasteiger partial charge in [-0.05, 0) is 82.1 Å². The van der Waals surface area contributed by atoms with Crippen LogP contribution in [0.1, 0.15) is 61.5 Å². The summed E-state index contributed by atoms with van der Waals surface area (Å²) in [6.07, 6.45) is 0.472. The van der Waals surface area contributed by atoms with Crippen molar-refractivity contribution in [3.8, 4) is 11.8 Å². The largest absolute Gasteiger partial charge is 0.347 e. The first-order valence-corrected chi connectivity index (χ1v) is 14.2. The number of unbranched alkanes of at least 4 members (excludes halogenated alkanes) is 1. The van der Waals surface area contributed by atoms with E-state index in [0.29, 0.717) is 29.3 Å². The highest BCUT2D eigenvalue weighted by atomic mass is 35.5. The molecule has 0 radical (unpaired) electrons. The molecule has 7 nitrogen and oxygen atoms in total. The zero-order valence-corrected chi connectivity index (χ0v) is 22.9. The van der Waals surface area contributed by atoms with Crippen molar-refractivity contribution in [1.29, 1.82) is 0 Å². The number of hydrogen-bond acceptors (Lipinski definition) is 7. The Balaban J connectivity index is 1.76. The fourth-order valence-corrected chi connectivity index (χ4v) is 8.62. The van der Waals surface area contributed by atoms with Crippen LogP contribution in [0.3, 0.4) is 0 Å². The van der Waals surface area contributed by atoms with Crippen molar-refractivity contribution in [3.63, 3.8) is 0 Å². The number of sulfone groups is 1. The van der Waals surface area contributed by atoms with Crippen molar-refractivity contribution in [2.75, 3.05) is 0 Å². The Morgan fingerprint density at radius 1 is 1.20 bits per heavy atom. The molecule has 11 heteroatoms. The molecule has 3 amide bonds. The Morgan fingerprint density at radius 2 is 1.91 bits per heavy atom. The summed E-state index contributed by atoms with van der Waals surface area (Å²) < 4.78 is 24.9. The second kappa shape index (κ2) is 10.3. The van der Waals surface area contributed by atoms with Gasteiger partial charge in [0.25, 0.3) is 17.1 Å². The monoisotopic (exact) mass is 552 g/mol. The third kappa shape index (κ3) is 6.09. The maximum atomic E-state index is 13.3. The van der Waals surface area contributed by atoms with Crippen molar-refractivity contribution in [2.24, 2.45) is 0 Å². The second-order valence-corrected chi connectivity index (χ2v) is 14.7. The SMILES string of the molecule is Cc1ccc(C(=O)NC(C)(C)C)cc1C#CCCCC1(S(=O)(=O)c2ccc(Cl)s2)SC(=O)NC1=O. The van der Waals surface area contributed by atoms with E-state index in [1.165, 1.54) is 12.1 Å². The highest BCUT2D eigenvalue weighted by Crippen LogP contribution is 2.46. The first-order valence-electron chi connectivity index (χ1n) is 10.7. The number of carbonyl (C=O) groups is 3. The molecular formula is C24H25ClN2O5S3. The van der Waals surface area contributed by atoms with Gasteiger partial charge in [0.1, 0.15) is 4.21 Å². The molecule has 1 aliphatic heterocycles. The molecule has 1 fully saturated rings. The van der Waals surface area contributed by atoms with Crippen LogP contribution in [0.5, 0.6) is 0 Å². The summed E-state index contributed by atoms with van der Waals surface area (Å²) in [7, 11) is -4.17. The topological polar surface area (TPSA) is 109 Å². The lowest BCUT2D eigenvalue weighted by Gasteiger charge is -2.23. The van der Waals surface area contributed by atoms with E-state index in [1.807, 2.05) is 33.8 Å². The van der Waals surface area contributed by atoms with Gasteiger partial charge >= 0.3 is 0 Å².